The number of rotatable bonds is 5. The predicted molar refractivity (Wildman–Crippen MR) is 111 cm³/mol. The maximum Gasteiger partial charge on any atom is 0.194 e. The van der Waals surface area contributed by atoms with E-state index in [0.29, 0.717) is 0 Å². The molecule has 5 heteroatoms. The van der Waals surface area contributed by atoms with Crippen molar-refractivity contribution in [1.29, 1.82) is 0 Å². The summed E-state index contributed by atoms with van der Waals surface area (Å²) < 4.78 is 0. The van der Waals surface area contributed by atoms with Gasteiger partial charge in [0.05, 0.1) is 6.54 Å². The second kappa shape index (κ2) is 7.99. The molecule has 1 saturated heterocycles. The van der Waals surface area contributed by atoms with Gasteiger partial charge in [0.2, 0.25) is 0 Å². The average molecular weight is 364 g/mol. The third kappa shape index (κ3) is 4.07. The van der Waals surface area contributed by atoms with Crippen molar-refractivity contribution in [3.63, 3.8) is 0 Å². The number of piperazine rings is 1. The van der Waals surface area contributed by atoms with Crippen molar-refractivity contribution in [2.45, 2.75) is 25.2 Å². The first kappa shape index (κ1) is 17.8. The fourth-order valence-electron chi connectivity index (χ4n) is 3.82. The van der Waals surface area contributed by atoms with E-state index in [4.69, 9.17) is 4.99 Å². The van der Waals surface area contributed by atoms with Gasteiger partial charge in [-0.1, -0.05) is 36.4 Å². The molecule has 0 atom stereocenters. The lowest BCUT2D eigenvalue weighted by molar-refractivity contribution is 0.371. The smallest absolute Gasteiger partial charge is 0.194 e. The first-order valence-electron chi connectivity index (χ1n) is 10.1. The summed E-state index contributed by atoms with van der Waals surface area (Å²) >= 11 is 0. The van der Waals surface area contributed by atoms with Gasteiger partial charge in [0.25, 0.3) is 0 Å². The molecule has 1 saturated carbocycles. The van der Waals surface area contributed by atoms with Crippen LogP contribution in [0.2, 0.25) is 0 Å². The minimum absolute atomic E-state index is 0.262. The fraction of sp³-hybridized carbons (Fsp3) is 0.455. The van der Waals surface area contributed by atoms with Gasteiger partial charge in [-0.05, 0) is 37.5 Å². The van der Waals surface area contributed by atoms with Crippen molar-refractivity contribution in [3.05, 3.63) is 60.3 Å². The highest BCUT2D eigenvalue weighted by Gasteiger charge is 2.44. The van der Waals surface area contributed by atoms with Crippen molar-refractivity contribution >= 4 is 11.8 Å². The predicted octanol–water partition coefficient (Wildman–Crippen LogP) is 2.90. The summed E-state index contributed by atoms with van der Waals surface area (Å²) in [5.74, 6) is 2.13. The van der Waals surface area contributed by atoms with Crippen LogP contribution in [0.3, 0.4) is 0 Å². The number of aromatic nitrogens is 1. The molecule has 142 valence electrons. The Morgan fingerprint density at radius 1 is 1.04 bits per heavy atom. The summed E-state index contributed by atoms with van der Waals surface area (Å²) in [6, 6.07) is 17.0. The van der Waals surface area contributed by atoms with E-state index in [1.165, 1.54) is 18.4 Å². The maximum absolute atomic E-state index is 5.04. The Balaban J connectivity index is 1.40. The Hall–Kier alpha value is -2.56. The summed E-state index contributed by atoms with van der Waals surface area (Å²) in [7, 11) is 0. The molecule has 27 heavy (non-hydrogen) atoms. The Morgan fingerprint density at radius 2 is 1.78 bits per heavy atom. The number of anilines is 1. The lowest BCUT2D eigenvalue weighted by Crippen LogP contribution is -2.53. The highest BCUT2D eigenvalue weighted by Crippen LogP contribution is 2.48. The lowest BCUT2D eigenvalue weighted by atomic mass is 9.96. The van der Waals surface area contributed by atoms with Crippen LogP contribution in [0.5, 0.6) is 0 Å². The molecule has 0 bridgehead atoms. The van der Waals surface area contributed by atoms with E-state index in [2.05, 4.69) is 69.5 Å². The van der Waals surface area contributed by atoms with Crippen LogP contribution in [-0.4, -0.2) is 55.1 Å². The molecule has 2 heterocycles. The van der Waals surface area contributed by atoms with Crippen molar-refractivity contribution < 1.29 is 0 Å². The molecule has 4 rings (SSSR count). The normalized spacial score (nSPS) is 19.1. The molecular weight excluding hydrogens is 334 g/mol. The molecule has 0 amide bonds. The van der Waals surface area contributed by atoms with Crippen LogP contribution < -0.4 is 10.2 Å². The fourth-order valence-corrected chi connectivity index (χ4v) is 3.82. The highest BCUT2D eigenvalue weighted by atomic mass is 15.4. The zero-order chi connectivity index (χ0) is 18.5. The van der Waals surface area contributed by atoms with E-state index in [0.717, 1.165) is 51.0 Å². The van der Waals surface area contributed by atoms with Gasteiger partial charge in [-0.2, -0.15) is 0 Å². The molecule has 5 nitrogen and oxygen atoms in total. The number of guanidine groups is 1. The number of hydrogen-bond acceptors (Lipinski definition) is 3. The van der Waals surface area contributed by atoms with Crippen LogP contribution in [0, 0.1) is 0 Å². The van der Waals surface area contributed by atoms with E-state index in [1.54, 1.807) is 0 Å². The van der Waals surface area contributed by atoms with Crippen molar-refractivity contribution in [2.24, 2.45) is 4.99 Å². The molecule has 0 spiro atoms. The number of benzene rings is 1. The molecule has 2 aromatic rings. The first-order valence-corrected chi connectivity index (χ1v) is 10.1. The SMILES string of the molecule is CCNC(=NCC1(c2ccccc2)CC1)N1CCN(c2ccccn2)CC1. The van der Waals surface area contributed by atoms with Crippen LogP contribution in [0.15, 0.2) is 59.7 Å². The zero-order valence-electron chi connectivity index (χ0n) is 16.1. The second-order valence-corrected chi connectivity index (χ2v) is 7.48. The van der Waals surface area contributed by atoms with Gasteiger partial charge in [-0.15, -0.1) is 0 Å². The van der Waals surface area contributed by atoms with Gasteiger partial charge in [-0.25, -0.2) is 4.98 Å². The third-order valence-electron chi connectivity index (χ3n) is 5.66. The third-order valence-corrected chi connectivity index (χ3v) is 5.66. The zero-order valence-corrected chi connectivity index (χ0v) is 16.1. The molecule has 1 aliphatic heterocycles. The van der Waals surface area contributed by atoms with E-state index in [9.17, 15) is 0 Å². The van der Waals surface area contributed by atoms with Crippen molar-refractivity contribution in [1.82, 2.24) is 15.2 Å². The summed E-state index contributed by atoms with van der Waals surface area (Å²) in [6.45, 7) is 7.82. The van der Waals surface area contributed by atoms with Gasteiger partial charge in [0.15, 0.2) is 5.96 Å². The van der Waals surface area contributed by atoms with Crippen LogP contribution in [0.1, 0.15) is 25.3 Å². The standard InChI is InChI=1S/C22H29N5/c1-2-23-21(25-18-22(11-12-22)19-8-4-3-5-9-19)27-16-14-26(15-17-27)20-10-6-7-13-24-20/h3-10,13H,2,11-12,14-18H2,1H3,(H,23,25). The quantitative estimate of drug-likeness (QED) is 0.655. The average Bonchev–Trinajstić information content (AvgIpc) is 3.54. The summed E-state index contributed by atoms with van der Waals surface area (Å²) in [4.78, 5) is 14.3. The number of hydrogen-bond donors (Lipinski definition) is 1. The van der Waals surface area contributed by atoms with E-state index in [1.807, 2.05) is 12.3 Å². The molecule has 1 aliphatic carbocycles. The Morgan fingerprint density at radius 3 is 2.41 bits per heavy atom. The van der Waals surface area contributed by atoms with Gasteiger partial charge in [0.1, 0.15) is 5.82 Å². The first-order chi connectivity index (χ1) is 13.3. The van der Waals surface area contributed by atoms with Crippen LogP contribution in [0.25, 0.3) is 0 Å². The molecule has 0 unspecified atom stereocenters. The molecule has 1 N–H and O–H groups in total. The summed E-state index contributed by atoms with van der Waals surface area (Å²) in [5, 5.41) is 3.50. The highest BCUT2D eigenvalue weighted by molar-refractivity contribution is 5.80. The summed E-state index contributed by atoms with van der Waals surface area (Å²) in [6.07, 6.45) is 4.35. The molecule has 1 aromatic heterocycles. The number of nitrogens with zero attached hydrogens (tertiary/aromatic N) is 4. The summed E-state index contributed by atoms with van der Waals surface area (Å²) in [5.41, 5.74) is 1.70. The second-order valence-electron chi connectivity index (χ2n) is 7.48. The number of aliphatic imine (C=N–C) groups is 1. The van der Waals surface area contributed by atoms with Gasteiger partial charge in [0, 0.05) is 44.3 Å². The Labute approximate surface area is 162 Å². The van der Waals surface area contributed by atoms with E-state index < -0.39 is 0 Å². The molecular formula is C22H29N5. The van der Waals surface area contributed by atoms with Gasteiger partial charge < -0.3 is 15.1 Å². The van der Waals surface area contributed by atoms with E-state index >= 15 is 0 Å². The number of pyridine rings is 1. The van der Waals surface area contributed by atoms with Crippen molar-refractivity contribution in [3.8, 4) is 0 Å². The molecule has 2 fully saturated rings. The van der Waals surface area contributed by atoms with Gasteiger partial charge in [-0.3, -0.25) is 4.99 Å². The number of nitrogens with one attached hydrogen (secondary N) is 1. The van der Waals surface area contributed by atoms with Crippen molar-refractivity contribution in [2.75, 3.05) is 44.2 Å². The lowest BCUT2D eigenvalue weighted by Gasteiger charge is -2.37. The van der Waals surface area contributed by atoms with Gasteiger partial charge >= 0.3 is 0 Å². The Kier molecular flexibility index (Phi) is 5.28. The monoisotopic (exact) mass is 363 g/mol. The van der Waals surface area contributed by atoms with Crippen LogP contribution >= 0.6 is 0 Å². The van der Waals surface area contributed by atoms with E-state index in [-0.39, 0.29) is 5.41 Å². The largest absolute Gasteiger partial charge is 0.357 e. The Bertz CT molecular complexity index is 747. The topological polar surface area (TPSA) is 43.8 Å². The maximum atomic E-state index is 5.04. The minimum Gasteiger partial charge on any atom is -0.357 e. The van der Waals surface area contributed by atoms with Crippen LogP contribution in [-0.2, 0) is 5.41 Å². The molecule has 2 aliphatic rings. The molecule has 1 aromatic carbocycles. The molecule has 0 radical (unpaired) electrons. The van der Waals surface area contributed by atoms with Crippen LogP contribution in [0.4, 0.5) is 5.82 Å². The minimum atomic E-state index is 0.262.